The summed E-state index contributed by atoms with van der Waals surface area (Å²) < 4.78 is 24.2. The Morgan fingerprint density at radius 2 is 1.79 bits per heavy atom. The minimum absolute atomic E-state index is 0.237. The molecular weight excluding hydrogens is 426 g/mol. The summed E-state index contributed by atoms with van der Waals surface area (Å²) in [6, 6.07) is 11.7. The van der Waals surface area contributed by atoms with E-state index in [1.165, 1.54) is 10.7 Å². The molecule has 6 rings (SSSR count). The molecule has 0 amide bonds. The molecule has 166 valence electrons. The Morgan fingerprint density at radius 3 is 2.61 bits per heavy atom. The average Bonchev–Trinajstić information content (AvgIpc) is 3.41. The molecule has 0 aliphatic carbocycles. The normalized spacial score (nSPS) is 19.1. The van der Waals surface area contributed by atoms with Crippen LogP contribution in [-0.4, -0.2) is 34.0 Å². The quantitative estimate of drug-likeness (QED) is 0.442. The predicted molar refractivity (Wildman–Crippen MR) is 117 cm³/mol. The molecular formula is C24H19N3O6. The van der Waals surface area contributed by atoms with Crippen LogP contribution in [-0.2, 0) is 5.72 Å². The van der Waals surface area contributed by atoms with Crippen molar-refractivity contribution in [2.45, 2.75) is 19.6 Å². The van der Waals surface area contributed by atoms with Crippen molar-refractivity contribution in [3.05, 3.63) is 64.6 Å². The van der Waals surface area contributed by atoms with Gasteiger partial charge in [0.15, 0.2) is 11.5 Å². The van der Waals surface area contributed by atoms with Crippen LogP contribution in [0.25, 0.3) is 22.2 Å². The van der Waals surface area contributed by atoms with Gasteiger partial charge in [0, 0.05) is 29.0 Å². The number of nitrogens with zero attached hydrogens (tertiary/aromatic N) is 3. The molecule has 4 heterocycles. The Hall–Kier alpha value is -4.14. The molecule has 9 nitrogen and oxygen atoms in total. The van der Waals surface area contributed by atoms with Crippen LogP contribution in [0.4, 0.5) is 0 Å². The Balaban J connectivity index is 1.43. The first-order chi connectivity index (χ1) is 16.0. The molecule has 0 saturated carbocycles. The molecule has 1 atom stereocenters. The van der Waals surface area contributed by atoms with Gasteiger partial charge in [-0.05, 0) is 30.3 Å². The van der Waals surface area contributed by atoms with Crippen LogP contribution in [0.5, 0.6) is 17.2 Å². The van der Waals surface area contributed by atoms with Crippen molar-refractivity contribution in [2.24, 2.45) is 5.92 Å². The van der Waals surface area contributed by atoms with Crippen LogP contribution in [0, 0.1) is 5.92 Å². The maximum atomic E-state index is 13.7. The van der Waals surface area contributed by atoms with Crippen molar-refractivity contribution in [3.8, 4) is 28.5 Å². The summed E-state index contributed by atoms with van der Waals surface area (Å²) in [7, 11) is 0. The van der Waals surface area contributed by atoms with Crippen molar-refractivity contribution in [1.82, 2.24) is 15.0 Å². The van der Waals surface area contributed by atoms with E-state index in [0.29, 0.717) is 52.7 Å². The molecule has 33 heavy (non-hydrogen) atoms. The number of carbonyl (C=O) groups excluding carboxylic acids is 1. The van der Waals surface area contributed by atoms with Crippen molar-refractivity contribution < 1.29 is 23.4 Å². The van der Waals surface area contributed by atoms with Crippen LogP contribution >= 0.6 is 0 Å². The van der Waals surface area contributed by atoms with E-state index < -0.39 is 11.4 Å². The van der Waals surface area contributed by atoms with E-state index in [-0.39, 0.29) is 11.7 Å². The van der Waals surface area contributed by atoms with Crippen molar-refractivity contribution in [3.63, 3.8) is 0 Å². The summed E-state index contributed by atoms with van der Waals surface area (Å²) in [5.74, 6) is 1.15. The van der Waals surface area contributed by atoms with Gasteiger partial charge in [0.05, 0.1) is 11.8 Å². The minimum atomic E-state index is -1.42. The highest BCUT2D eigenvalue weighted by molar-refractivity contribution is 6.08. The first-order valence-electron chi connectivity index (χ1n) is 10.6. The molecule has 9 heteroatoms. The van der Waals surface area contributed by atoms with Crippen molar-refractivity contribution >= 4 is 16.8 Å². The summed E-state index contributed by atoms with van der Waals surface area (Å²) in [5, 5.41) is 9.21. The van der Waals surface area contributed by atoms with Crippen LogP contribution in [0.1, 0.15) is 24.2 Å². The Kier molecular flexibility index (Phi) is 4.10. The lowest BCUT2D eigenvalue weighted by molar-refractivity contribution is -0.0241. The van der Waals surface area contributed by atoms with Crippen molar-refractivity contribution in [1.29, 1.82) is 0 Å². The smallest absolute Gasteiger partial charge is 0.336 e. The predicted octanol–water partition coefficient (Wildman–Crippen LogP) is 3.41. The van der Waals surface area contributed by atoms with E-state index in [9.17, 15) is 9.59 Å². The fourth-order valence-electron chi connectivity index (χ4n) is 4.32. The number of ketones is 1. The molecule has 2 aromatic heterocycles. The van der Waals surface area contributed by atoms with Gasteiger partial charge in [-0.3, -0.25) is 4.79 Å². The zero-order valence-electron chi connectivity index (χ0n) is 17.9. The summed E-state index contributed by atoms with van der Waals surface area (Å²) in [5.41, 5.74) is 0.210. The summed E-state index contributed by atoms with van der Waals surface area (Å²) >= 11 is 0. The highest BCUT2D eigenvalue weighted by atomic mass is 16.6. The fraction of sp³-hybridized carbons (Fsp3) is 0.250. The number of hydrogen-bond acceptors (Lipinski definition) is 8. The monoisotopic (exact) mass is 445 g/mol. The van der Waals surface area contributed by atoms with Gasteiger partial charge in [-0.25, -0.2) is 9.48 Å². The second-order valence-electron chi connectivity index (χ2n) is 8.33. The standard InChI is InChI=1S/C24H19N3O6/c1-13(2)24(23(29)16-9-15-4-6-22(28)32-19(15)11-20(16)33-24)27-12-17(25-26-27)14-3-5-18-21(10-14)31-8-7-30-18/h3-6,9-13H,7-8H2,1-2H3. The van der Waals surface area contributed by atoms with Gasteiger partial charge >= 0.3 is 5.63 Å². The van der Waals surface area contributed by atoms with E-state index in [4.69, 9.17) is 18.6 Å². The van der Waals surface area contributed by atoms with Crippen LogP contribution in [0.15, 0.2) is 57.9 Å². The van der Waals surface area contributed by atoms with E-state index in [0.717, 1.165) is 5.56 Å². The summed E-state index contributed by atoms with van der Waals surface area (Å²) in [4.78, 5) is 25.3. The number of aromatic nitrogens is 3. The van der Waals surface area contributed by atoms with Gasteiger partial charge in [0.2, 0.25) is 5.78 Å². The molecule has 2 aliphatic heterocycles. The second kappa shape index (κ2) is 6.93. The van der Waals surface area contributed by atoms with E-state index in [1.54, 1.807) is 24.4 Å². The molecule has 1 unspecified atom stereocenters. The zero-order chi connectivity index (χ0) is 22.7. The van der Waals surface area contributed by atoms with Gasteiger partial charge in [-0.1, -0.05) is 19.1 Å². The number of carbonyl (C=O) groups is 1. The van der Waals surface area contributed by atoms with Gasteiger partial charge < -0.3 is 18.6 Å². The lowest BCUT2D eigenvalue weighted by Crippen LogP contribution is -2.48. The number of ether oxygens (including phenoxy) is 3. The van der Waals surface area contributed by atoms with Gasteiger partial charge in [-0.2, -0.15) is 0 Å². The Morgan fingerprint density at radius 1 is 0.970 bits per heavy atom. The highest BCUT2D eigenvalue weighted by Crippen LogP contribution is 2.44. The SMILES string of the molecule is CC(C)C1(n2cc(-c3ccc4c(c3)OCCO4)nn2)Oc2cc3oc(=O)ccc3cc2C1=O. The average molecular weight is 445 g/mol. The number of Topliss-reactive ketones (excluding diaryl/α,β-unsaturated/α-hetero) is 1. The molecule has 2 aromatic carbocycles. The van der Waals surface area contributed by atoms with Crippen LogP contribution in [0.3, 0.4) is 0 Å². The van der Waals surface area contributed by atoms with E-state index >= 15 is 0 Å². The highest BCUT2D eigenvalue weighted by Gasteiger charge is 2.53. The van der Waals surface area contributed by atoms with E-state index in [1.807, 2.05) is 32.0 Å². The summed E-state index contributed by atoms with van der Waals surface area (Å²) in [6.07, 6.45) is 1.69. The lowest BCUT2D eigenvalue weighted by atomic mass is 9.92. The molecule has 0 fully saturated rings. The third kappa shape index (κ3) is 2.85. The largest absolute Gasteiger partial charge is 0.486 e. The number of hydrogen-bond donors (Lipinski definition) is 0. The first kappa shape index (κ1) is 19.5. The van der Waals surface area contributed by atoms with Gasteiger partial charge in [0.1, 0.15) is 30.2 Å². The van der Waals surface area contributed by atoms with Crippen LogP contribution < -0.4 is 19.8 Å². The number of fused-ring (bicyclic) bond motifs is 3. The van der Waals surface area contributed by atoms with Crippen molar-refractivity contribution in [2.75, 3.05) is 13.2 Å². The fourth-order valence-corrected chi connectivity index (χ4v) is 4.32. The Labute approximate surface area is 187 Å². The van der Waals surface area contributed by atoms with Crippen LogP contribution in [0.2, 0.25) is 0 Å². The number of rotatable bonds is 3. The third-order valence-electron chi connectivity index (χ3n) is 6.01. The molecule has 0 saturated heterocycles. The Bertz CT molecular complexity index is 1490. The lowest BCUT2D eigenvalue weighted by Gasteiger charge is -2.30. The van der Waals surface area contributed by atoms with Gasteiger partial charge in [0.25, 0.3) is 5.72 Å². The second-order valence-corrected chi connectivity index (χ2v) is 8.33. The molecule has 0 radical (unpaired) electrons. The zero-order valence-corrected chi connectivity index (χ0v) is 17.9. The van der Waals surface area contributed by atoms with Gasteiger partial charge in [-0.15, -0.1) is 5.10 Å². The van der Waals surface area contributed by atoms with E-state index in [2.05, 4.69) is 10.3 Å². The maximum absolute atomic E-state index is 13.7. The molecule has 2 aliphatic rings. The number of benzene rings is 2. The maximum Gasteiger partial charge on any atom is 0.336 e. The third-order valence-corrected chi connectivity index (χ3v) is 6.01. The first-order valence-corrected chi connectivity index (χ1v) is 10.6. The minimum Gasteiger partial charge on any atom is -0.486 e. The molecule has 0 spiro atoms. The molecule has 4 aromatic rings. The molecule has 0 bridgehead atoms. The molecule has 0 N–H and O–H groups in total. The topological polar surface area (TPSA) is 106 Å². The summed E-state index contributed by atoms with van der Waals surface area (Å²) in [6.45, 7) is 4.76.